The number of hydrogen-bond acceptors (Lipinski definition) is 4. The average Bonchev–Trinajstić information content (AvgIpc) is 2.27. The van der Waals surface area contributed by atoms with Crippen molar-refractivity contribution in [1.82, 2.24) is 0 Å². The van der Waals surface area contributed by atoms with E-state index < -0.39 is 0 Å². The summed E-state index contributed by atoms with van der Waals surface area (Å²) in [5.74, 6) is 0.0560. The van der Waals surface area contributed by atoms with E-state index in [9.17, 15) is 4.79 Å². The molecule has 1 rings (SSSR count). The van der Waals surface area contributed by atoms with Crippen LogP contribution in [0.4, 0.5) is 0 Å². The Kier molecular flexibility index (Phi) is 5.21. The van der Waals surface area contributed by atoms with Crippen LogP contribution in [0.2, 0.25) is 0 Å². The van der Waals surface area contributed by atoms with Gasteiger partial charge in [-0.1, -0.05) is 18.2 Å². The van der Waals surface area contributed by atoms with E-state index in [1.165, 1.54) is 11.8 Å². The molecule has 0 saturated heterocycles. The van der Waals surface area contributed by atoms with Gasteiger partial charge in [0.2, 0.25) is 0 Å². The van der Waals surface area contributed by atoms with Gasteiger partial charge in [-0.25, -0.2) is 0 Å². The molecule has 0 aliphatic heterocycles. The lowest BCUT2D eigenvalue weighted by Gasteiger charge is -2.05. The van der Waals surface area contributed by atoms with Gasteiger partial charge < -0.3 is 9.84 Å². The first-order valence-corrected chi connectivity index (χ1v) is 5.73. The number of benzene rings is 1. The van der Waals surface area contributed by atoms with Crippen molar-refractivity contribution in [2.24, 2.45) is 0 Å². The largest absolute Gasteiger partial charge is 0.465 e. The van der Waals surface area contributed by atoms with Crippen LogP contribution in [-0.2, 0) is 16.1 Å². The van der Waals surface area contributed by atoms with Crippen molar-refractivity contribution in [1.29, 1.82) is 0 Å². The number of aliphatic hydroxyl groups is 1. The number of ether oxygens (including phenoxy) is 1. The summed E-state index contributed by atoms with van der Waals surface area (Å²) in [6.45, 7) is 2.18. The minimum absolute atomic E-state index is 0.00794. The van der Waals surface area contributed by atoms with E-state index >= 15 is 0 Å². The van der Waals surface area contributed by atoms with Crippen molar-refractivity contribution < 1.29 is 14.6 Å². The summed E-state index contributed by atoms with van der Waals surface area (Å²) < 4.78 is 4.81. The third kappa shape index (κ3) is 3.93. The van der Waals surface area contributed by atoms with Crippen LogP contribution >= 0.6 is 11.8 Å². The van der Waals surface area contributed by atoms with E-state index in [2.05, 4.69) is 0 Å². The van der Waals surface area contributed by atoms with Gasteiger partial charge in [0.05, 0.1) is 19.0 Å². The van der Waals surface area contributed by atoms with Crippen LogP contribution in [0.5, 0.6) is 0 Å². The van der Waals surface area contributed by atoms with Gasteiger partial charge in [0.1, 0.15) is 0 Å². The highest BCUT2D eigenvalue weighted by Gasteiger charge is 2.05. The molecule has 0 unspecified atom stereocenters. The van der Waals surface area contributed by atoms with Crippen LogP contribution in [0.25, 0.3) is 0 Å². The average molecular weight is 226 g/mol. The molecular weight excluding hydrogens is 212 g/mol. The molecule has 0 aliphatic carbocycles. The number of carbonyl (C=O) groups excluding carboxylic acids is 1. The molecule has 15 heavy (non-hydrogen) atoms. The number of thioether (sulfide) groups is 1. The van der Waals surface area contributed by atoms with Crippen molar-refractivity contribution in [3.63, 3.8) is 0 Å². The fourth-order valence-electron chi connectivity index (χ4n) is 1.11. The Hall–Kier alpha value is -1.00. The smallest absolute Gasteiger partial charge is 0.316 e. The van der Waals surface area contributed by atoms with Crippen LogP contribution < -0.4 is 0 Å². The van der Waals surface area contributed by atoms with Gasteiger partial charge in [0, 0.05) is 4.90 Å². The van der Waals surface area contributed by atoms with Gasteiger partial charge in [-0.15, -0.1) is 11.8 Å². The highest BCUT2D eigenvalue weighted by molar-refractivity contribution is 8.00. The molecule has 0 atom stereocenters. The summed E-state index contributed by atoms with van der Waals surface area (Å²) in [5.41, 5.74) is 0.840. The highest BCUT2D eigenvalue weighted by Crippen LogP contribution is 2.22. The van der Waals surface area contributed by atoms with Crippen molar-refractivity contribution in [3.05, 3.63) is 29.8 Å². The molecule has 0 radical (unpaired) electrons. The lowest BCUT2D eigenvalue weighted by Crippen LogP contribution is -2.06. The lowest BCUT2D eigenvalue weighted by atomic mass is 10.2. The van der Waals surface area contributed by atoms with Crippen LogP contribution in [0.3, 0.4) is 0 Å². The molecule has 0 saturated carbocycles. The van der Waals surface area contributed by atoms with E-state index in [0.717, 1.165) is 10.5 Å². The van der Waals surface area contributed by atoms with Gasteiger partial charge in [-0.3, -0.25) is 4.79 Å². The molecule has 0 fully saturated rings. The molecule has 1 aromatic rings. The normalized spacial score (nSPS) is 10.0. The second kappa shape index (κ2) is 6.48. The predicted molar refractivity (Wildman–Crippen MR) is 59.7 cm³/mol. The van der Waals surface area contributed by atoms with E-state index in [0.29, 0.717) is 6.61 Å². The van der Waals surface area contributed by atoms with Gasteiger partial charge in [-0.05, 0) is 18.6 Å². The van der Waals surface area contributed by atoms with Crippen molar-refractivity contribution in [2.75, 3.05) is 12.4 Å². The zero-order valence-corrected chi connectivity index (χ0v) is 9.42. The van der Waals surface area contributed by atoms with Crippen molar-refractivity contribution in [3.8, 4) is 0 Å². The Balaban J connectivity index is 2.53. The van der Waals surface area contributed by atoms with Crippen molar-refractivity contribution >= 4 is 17.7 Å². The molecular formula is C11H14O3S. The second-order valence-electron chi connectivity index (χ2n) is 2.86. The van der Waals surface area contributed by atoms with Gasteiger partial charge >= 0.3 is 5.97 Å². The number of aliphatic hydroxyl groups excluding tert-OH is 1. The monoisotopic (exact) mass is 226 g/mol. The Morgan fingerprint density at radius 2 is 2.20 bits per heavy atom. The molecule has 3 nitrogen and oxygen atoms in total. The van der Waals surface area contributed by atoms with Gasteiger partial charge in [0.25, 0.3) is 0 Å². The first kappa shape index (κ1) is 12.1. The maximum Gasteiger partial charge on any atom is 0.316 e. The topological polar surface area (TPSA) is 46.5 Å². The van der Waals surface area contributed by atoms with Crippen LogP contribution in [0, 0.1) is 0 Å². The molecule has 1 aromatic carbocycles. The number of hydrogen-bond donors (Lipinski definition) is 1. The fourth-order valence-corrected chi connectivity index (χ4v) is 1.96. The first-order valence-electron chi connectivity index (χ1n) is 4.75. The zero-order chi connectivity index (χ0) is 11.1. The minimum Gasteiger partial charge on any atom is -0.465 e. The van der Waals surface area contributed by atoms with Crippen LogP contribution in [0.15, 0.2) is 29.2 Å². The Morgan fingerprint density at radius 1 is 1.47 bits per heavy atom. The predicted octanol–water partition coefficient (Wildman–Crippen LogP) is 1.83. The number of rotatable bonds is 5. The lowest BCUT2D eigenvalue weighted by molar-refractivity contribution is -0.139. The summed E-state index contributed by atoms with van der Waals surface area (Å²) in [6.07, 6.45) is 0. The summed E-state index contributed by atoms with van der Waals surface area (Å²) in [5, 5.41) is 9.06. The zero-order valence-electron chi connectivity index (χ0n) is 8.60. The van der Waals surface area contributed by atoms with E-state index in [4.69, 9.17) is 9.84 Å². The molecule has 0 spiro atoms. The maximum atomic E-state index is 11.1. The molecule has 0 aliphatic rings. The maximum absolute atomic E-state index is 11.1. The number of esters is 1. The van der Waals surface area contributed by atoms with E-state index in [1.807, 2.05) is 24.3 Å². The SMILES string of the molecule is CCOC(=O)CSc1ccccc1CO. The van der Waals surface area contributed by atoms with Gasteiger partial charge in [0.15, 0.2) is 0 Å². The third-order valence-electron chi connectivity index (χ3n) is 1.79. The summed E-state index contributed by atoms with van der Waals surface area (Å²) >= 11 is 1.39. The third-order valence-corrected chi connectivity index (χ3v) is 2.88. The molecule has 1 N–H and O–H groups in total. The molecule has 0 amide bonds. The summed E-state index contributed by atoms with van der Waals surface area (Å²) in [4.78, 5) is 12.0. The number of carbonyl (C=O) groups is 1. The van der Waals surface area contributed by atoms with Crippen LogP contribution in [-0.4, -0.2) is 23.4 Å². The van der Waals surface area contributed by atoms with E-state index in [1.54, 1.807) is 6.92 Å². The molecule has 0 heterocycles. The quantitative estimate of drug-likeness (QED) is 0.614. The van der Waals surface area contributed by atoms with Gasteiger partial charge in [-0.2, -0.15) is 0 Å². The van der Waals surface area contributed by atoms with E-state index in [-0.39, 0.29) is 18.3 Å². The first-order chi connectivity index (χ1) is 7.27. The molecule has 82 valence electrons. The molecule has 4 heteroatoms. The molecule has 0 bridgehead atoms. The summed E-state index contributed by atoms with van der Waals surface area (Å²) in [6, 6.07) is 7.47. The summed E-state index contributed by atoms with van der Waals surface area (Å²) in [7, 11) is 0. The second-order valence-corrected chi connectivity index (χ2v) is 3.88. The fraction of sp³-hybridized carbons (Fsp3) is 0.364. The standard InChI is InChI=1S/C11H14O3S/c1-2-14-11(13)8-15-10-6-4-3-5-9(10)7-12/h3-6,12H,2,7-8H2,1H3. The Bertz CT molecular complexity index is 325. The van der Waals surface area contributed by atoms with Crippen LogP contribution in [0.1, 0.15) is 12.5 Å². The Morgan fingerprint density at radius 3 is 2.87 bits per heavy atom. The molecule has 0 aromatic heterocycles. The Labute approximate surface area is 93.4 Å². The van der Waals surface area contributed by atoms with Crippen molar-refractivity contribution in [2.45, 2.75) is 18.4 Å². The minimum atomic E-state index is -0.227. The highest BCUT2D eigenvalue weighted by atomic mass is 32.2.